The fourth-order valence-corrected chi connectivity index (χ4v) is 4.02. The van der Waals surface area contributed by atoms with Crippen molar-refractivity contribution in [1.82, 2.24) is 5.32 Å². The number of thiocarbonyl (C=S) groups is 1. The van der Waals surface area contributed by atoms with Crippen LogP contribution in [0.1, 0.15) is 24.1 Å². The Morgan fingerprint density at radius 3 is 2.44 bits per heavy atom. The van der Waals surface area contributed by atoms with Crippen LogP contribution in [0, 0.1) is 6.92 Å². The maximum Gasteiger partial charge on any atom is 0.338 e. The van der Waals surface area contributed by atoms with E-state index < -0.39 is 12.0 Å². The number of aryl methyl sites for hydroxylation is 1. The molecule has 0 amide bonds. The lowest BCUT2D eigenvalue weighted by molar-refractivity contribution is -0.140. The topological polar surface area (TPSA) is 69.3 Å². The number of nitrogens with zero attached hydrogens (tertiary/aromatic N) is 1. The number of carbonyl (C=O) groups is 1. The molecule has 2 aromatic carbocycles. The van der Waals surface area contributed by atoms with Crippen molar-refractivity contribution in [3.63, 3.8) is 0 Å². The summed E-state index contributed by atoms with van der Waals surface area (Å²) in [6.07, 6.45) is 0. The number of hydrogen-bond acceptors (Lipinski definition) is 6. The zero-order chi connectivity index (χ0) is 23.3. The molecule has 8 heteroatoms. The summed E-state index contributed by atoms with van der Waals surface area (Å²) < 4.78 is 21.3. The highest BCUT2D eigenvalue weighted by atomic mass is 32.1. The van der Waals surface area contributed by atoms with E-state index in [4.69, 9.17) is 31.2 Å². The number of ether oxygens (including phenoxy) is 4. The highest BCUT2D eigenvalue weighted by molar-refractivity contribution is 7.80. The molecule has 1 aliphatic rings. The van der Waals surface area contributed by atoms with Crippen LogP contribution in [0.15, 0.2) is 53.7 Å². The normalized spacial score (nSPS) is 16.0. The summed E-state index contributed by atoms with van der Waals surface area (Å²) >= 11 is 5.71. The van der Waals surface area contributed by atoms with Crippen molar-refractivity contribution in [3.8, 4) is 11.5 Å². The van der Waals surface area contributed by atoms with Crippen LogP contribution in [0.2, 0.25) is 0 Å². The van der Waals surface area contributed by atoms with Crippen LogP contribution in [0.5, 0.6) is 11.5 Å². The number of nitrogens with one attached hydrogen (secondary N) is 1. The third kappa shape index (κ3) is 4.87. The van der Waals surface area contributed by atoms with Crippen molar-refractivity contribution < 1.29 is 23.7 Å². The SMILES string of the molecule is COCCOC(=O)C1=C(C)N(c2cccc(C)c2)C(=S)NC1c1ccc(OC)c(OC)c1. The second-order valence-corrected chi connectivity index (χ2v) is 7.69. The van der Waals surface area contributed by atoms with Crippen LogP contribution in [-0.2, 0) is 14.3 Å². The van der Waals surface area contributed by atoms with E-state index in [1.54, 1.807) is 27.4 Å². The zero-order valence-electron chi connectivity index (χ0n) is 18.9. The summed E-state index contributed by atoms with van der Waals surface area (Å²) in [6.45, 7) is 4.34. The molecule has 0 bridgehead atoms. The minimum atomic E-state index is -0.515. The first-order valence-electron chi connectivity index (χ1n) is 10.2. The average Bonchev–Trinajstić information content (AvgIpc) is 2.78. The second-order valence-electron chi connectivity index (χ2n) is 7.30. The van der Waals surface area contributed by atoms with E-state index in [0.717, 1.165) is 16.8 Å². The summed E-state index contributed by atoms with van der Waals surface area (Å²) in [5, 5.41) is 3.80. The van der Waals surface area contributed by atoms with Crippen molar-refractivity contribution in [2.45, 2.75) is 19.9 Å². The Bertz CT molecular complexity index is 1040. The van der Waals surface area contributed by atoms with Gasteiger partial charge in [0.25, 0.3) is 0 Å². The molecule has 7 nitrogen and oxygen atoms in total. The molecule has 1 unspecified atom stereocenters. The predicted molar refractivity (Wildman–Crippen MR) is 127 cm³/mol. The Hall–Kier alpha value is -3.10. The lowest BCUT2D eigenvalue weighted by Gasteiger charge is -2.37. The number of rotatable bonds is 8. The Morgan fingerprint density at radius 2 is 1.78 bits per heavy atom. The smallest absolute Gasteiger partial charge is 0.338 e. The molecule has 0 fully saturated rings. The zero-order valence-corrected chi connectivity index (χ0v) is 19.7. The van der Waals surface area contributed by atoms with Gasteiger partial charge in [-0.1, -0.05) is 18.2 Å². The van der Waals surface area contributed by atoms with Gasteiger partial charge in [-0.15, -0.1) is 0 Å². The molecular formula is C24H28N2O5S. The standard InChI is InChI=1S/C24H28N2O5S/c1-15-7-6-8-18(13-15)26-16(2)21(23(27)31-12-11-28-3)22(25-24(26)32)17-9-10-19(29-4)20(14-17)30-5/h6-10,13-14,22H,11-12H2,1-5H3,(H,25,32). The number of esters is 1. The van der Waals surface area contributed by atoms with E-state index in [1.807, 2.05) is 55.1 Å². The van der Waals surface area contributed by atoms with Crippen LogP contribution in [-0.4, -0.2) is 45.6 Å². The van der Waals surface area contributed by atoms with Crippen LogP contribution in [0.25, 0.3) is 0 Å². The lowest BCUT2D eigenvalue weighted by Crippen LogP contribution is -2.48. The van der Waals surface area contributed by atoms with Gasteiger partial charge in [0.2, 0.25) is 0 Å². The van der Waals surface area contributed by atoms with Crippen LogP contribution < -0.4 is 19.7 Å². The van der Waals surface area contributed by atoms with E-state index in [-0.39, 0.29) is 6.61 Å². The fraction of sp³-hybridized carbons (Fsp3) is 0.333. The molecule has 2 aromatic rings. The Morgan fingerprint density at radius 1 is 1.03 bits per heavy atom. The van der Waals surface area contributed by atoms with Gasteiger partial charge in [0.15, 0.2) is 16.6 Å². The summed E-state index contributed by atoms with van der Waals surface area (Å²) in [7, 11) is 4.71. The number of methoxy groups -OCH3 is 3. The summed E-state index contributed by atoms with van der Waals surface area (Å²) in [5.74, 6) is 0.719. The first kappa shape index (κ1) is 23.6. The molecule has 0 saturated heterocycles. The maximum absolute atomic E-state index is 13.2. The second kappa shape index (κ2) is 10.5. The van der Waals surface area contributed by atoms with E-state index >= 15 is 0 Å². The number of allylic oxidation sites excluding steroid dienone is 1. The fourth-order valence-electron chi connectivity index (χ4n) is 3.66. The number of benzene rings is 2. The molecule has 0 radical (unpaired) electrons. The van der Waals surface area contributed by atoms with Crippen molar-refractivity contribution in [1.29, 1.82) is 0 Å². The van der Waals surface area contributed by atoms with Crippen molar-refractivity contribution >= 4 is 29.0 Å². The predicted octanol–water partition coefficient (Wildman–Crippen LogP) is 3.91. The number of hydrogen-bond donors (Lipinski definition) is 1. The Labute approximate surface area is 193 Å². The molecule has 1 N–H and O–H groups in total. The number of anilines is 1. The molecule has 1 aliphatic heterocycles. The highest BCUT2D eigenvalue weighted by Gasteiger charge is 2.36. The van der Waals surface area contributed by atoms with Crippen LogP contribution >= 0.6 is 12.2 Å². The van der Waals surface area contributed by atoms with Gasteiger partial charge in [0, 0.05) is 18.5 Å². The summed E-state index contributed by atoms with van der Waals surface area (Å²) in [6, 6.07) is 12.9. The quantitative estimate of drug-likeness (QED) is 0.364. The molecule has 3 rings (SSSR count). The van der Waals surface area contributed by atoms with Crippen LogP contribution in [0.3, 0.4) is 0 Å². The van der Waals surface area contributed by atoms with Crippen LogP contribution in [0.4, 0.5) is 5.69 Å². The van der Waals surface area contributed by atoms with E-state index in [2.05, 4.69) is 5.32 Å². The Kier molecular flexibility index (Phi) is 7.71. The van der Waals surface area contributed by atoms with Gasteiger partial charge in [-0.25, -0.2) is 4.79 Å². The molecule has 1 atom stereocenters. The molecule has 1 heterocycles. The summed E-state index contributed by atoms with van der Waals surface area (Å²) in [5.41, 5.74) is 3.91. The minimum Gasteiger partial charge on any atom is -0.493 e. The number of carbonyl (C=O) groups excluding carboxylic acids is 1. The Balaban J connectivity index is 2.10. The molecule has 0 aliphatic carbocycles. The van der Waals surface area contributed by atoms with Gasteiger partial charge in [0.1, 0.15) is 6.61 Å². The van der Waals surface area contributed by atoms with Gasteiger partial charge < -0.3 is 24.3 Å². The van der Waals surface area contributed by atoms with Crippen molar-refractivity contribution in [3.05, 3.63) is 64.9 Å². The first-order chi connectivity index (χ1) is 15.4. The summed E-state index contributed by atoms with van der Waals surface area (Å²) in [4.78, 5) is 15.0. The molecule has 170 valence electrons. The third-order valence-electron chi connectivity index (χ3n) is 5.23. The third-order valence-corrected chi connectivity index (χ3v) is 5.53. The van der Waals surface area contributed by atoms with Crippen molar-refractivity contribution in [2.24, 2.45) is 0 Å². The molecule has 0 spiro atoms. The van der Waals surface area contributed by atoms with E-state index in [9.17, 15) is 4.79 Å². The van der Waals surface area contributed by atoms with Gasteiger partial charge in [-0.05, 0) is 61.5 Å². The minimum absolute atomic E-state index is 0.152. The molecule has 0 saturated carbocycles. The lowest BCUT2D eigenvalue weighted by atomic mass is 9.94. The monoisotopic (exact) mass is 456 g/mol. The molecule has 32 heavy (non-hydrogen) atoms. The largest absolute Gasteiger partial charge is 0.493 e. The maximum atomic E-state index is 13.2. The van der Waals surface area contributed by atoms with Gasteiger partial charge in [0.05, 0.1) is 32.4 Å². The van der Waals surface area contributed by atoms with Gasteiger partial charge in [-0.2, -0.15) is 0 Å². The van der Waals surface area contributed by atoms with Crippen molar-refractivity contribution in [2.75, 3.05) is 39.4 Å². The van der Waals surface area contributed by atoms with E-state index in [1.165, 1.54) is 0 Å². The molecule has 0 aromatic heterocycles. The van der Waals surface area contributed by atoms with Gasteiger partial charge >= 0.3 is 5.97 Å². The first-order valence-corrected chi connectivity index (χ1v) is 10.6. The highest BCUT2D eigenvalue weighted by Crippen LogP contribution is 2.37. The molecular weight excluding hydrogens is 428 g/mol. The van der Waals surface area contributed by atoms with E-state index in [0.29, 0.717) is 34.5 Å². The average molecular weight is 457 g/mol. The van der Waals surface area contributed by atoms with Gasteiger partial charge in [-0.3, -0.25) is 4.90 Å².